The van der Waals surface area contributed by atoms with E-state index in [0.717, 1.165) is 23.0 Å². The van der Waals surface area contributed by atoms with Gasteiger partial charge in [0.05, 0.1) is 27.7 Å². The molecule has 0 fully saturated rings. The van der Waals surface area contributed by atoms with Crippen LogP contribution in [-0.2, 0) is 6.42 Å². The van der Waals surface area contributed by atoms with Crippen molar-refractivity contribution in [1.82, 2.24) is 0 Å². The first-order valence-corrected chi connectivity index (χ1v) is 4.90. The molecule has 0 unspecified atom stereocenters. The van der Waals surface area contributed by atoms with E-state index < -0.39 is 0 Å². The van der Waals surface area contributed by atoms with Crippen molar-refractivity contribution in [3.63, 3.8) is 0 Å². The summed E-state index contributed by atoms with van der Waals surface area (Å²) in [5, 5.41) is 18.2. The van der Waals surface area contributed by atoms with Gasteiger partial charge in [-0.15, -0.1) is 0 Å². The molecule has 0 aromatic heterocycles. The third-order valence-electron chi connectivity index (χ3n) is 2.23. The fourth-order valence-electron chi connectivity index (χ4n) is 1.29. The van der Waals surface area contributed by atoms with E-state index in [4.69, 9.17) is 5.39 Å². The van der Waals surface area contributed by atoms with Crippen LogP contribution < -0.4 is 0 Å². The van der Waals surface area contributed by atoms with Gasteiger partial charge in [0.15, 0.2) is 4.98 Å². The van der Waals surface area contributed by atoms with E-state index in [1.54, 1.807) is 18.2 Å². The van der Waals surface area contributed by atoms with Gasteiger partial charge in [0, 0.05) is 24.1 Å². The minimum atomic E-state index is 0.260. The van der Waals surface area contributed by atoms with Crippen LogP contribution in [0.4, 0.5) is 5.69 Å². The molecule has 80 valence electrons. The average molecular weight is 207 g/mol. The Kier molecular flexibility index (Phi) is 3.28. The largest absolute Gasteiger partial charge is 0.508 e. The van der Waals surface area contributed by atoms with Crippen molar-refractivity contribution in [3.8, 4) is 5.75 Å². The van der Waals surface area contributed by atoms with Crippen molar-refractivity contribution in [1.29, 1.82) is 5.39 Å². The number of rotatable bonds is 3. The predicted octanol–water partition coefficient (Wildman–Crippen LogP) is 2.13. The van der Waals surface area contributed by atoms with E-state index in [0.29, 0.717) is 5.69 Å². The lowest BCUT2D eigenvalue weighted by Crippen LogP contribution is -2.36. The van der Waals surface area contributed by atoms with Crippen LogP contribution in [0.15, 0.2) is 18.2 Å². The molecular weight excluding hydrogens is 190 g/mol. The van der Waals surface area contributed by atoms with Gasteiger partial charge in [-0.1, -0.05) is 0 Å². The van der Waals surface area contributed by atoms with Crippen LogP contribution in [0.2, 0.25) is 0 Å². The molecule has 1 N–H and O–H groups in total. The second kappa shape index (κ2) is 4.28. The molecule has 0 saturated carbocycles. The topological polar surface area (TPSA) is 48.4 Å². The van der Waals surface area contributed by atoms with E-state index in [2.05, 4.69) is 26.1 Å². The molecule has 0 radical (unpaired) electrons. The molecule has 0 amide bonds. The summed E-state index contributed by atoms with van der Waals surface area (Å²) in [6, 6.07) is 4.83. The average Bonchev–Trinajstić information content (AvgIpc) is 2.15. The summed E-state index contributed by atoms with van der Waals surface area (Å²) in [7, 11) is 6.28. The highest BCUT2D eigenvalue weighted by atomic mass is 16.3. The number of hydrogen-bond donors (Lipinski definition) is 1. The summed E-state index contributed by atoms with van der Waals surface area (Å²) >= 11 is 0. The first kappa shape index (κ1) is 11.5. The predicted molar refractivity (Wildman–Crippen MR) is 59.5 cm³/mol. The van der Waals surface area contributed by atoms with Gasteiger partial charge in [-0.05, 0) is 6.07 Å². The van der Waals surface area contributed by atoms with Crippen LogP contribution in [0.3, 0.4) is 0 Å². The van der Waals surface area contributed by atoms with Gasteiger partial charge < -0.3 is 9.59 Å². The molecule has 4 heteroatoms. The van der Waals surface area contributed by atoms with Crippen LogP contribution in [0.25, 0.3) is 4.98 Å². The van der Waals surface area contributed by atoms with Gasteiger partial charge in [-0.2, -0.15) is 0 Å². The Balaban J connectivity index is 2.81. The van der Waals surface area contributed by atoms with Crippen molar-refractivity contribution < 1.29 is 9.59 Å². The molecule has 15 heavy (non-hydrogen) atoms. The number of diazo groups is 1. The minimum absolute atomic E-state index is 0.260. The van der Waals surface area contributed by atoms with Crippen LogP contribution in [-0.4, -0.2) is 37.3 Å². The van der Waals surface area contributed by atoms with E-state index in [1.807, 2.05) is 0 Å². The normalized spacial score (nSPS) is 11.1. The van der Waals surface area contributed by atoms with Gasteiger partial charge in [0.25, 0.3) is 0 Å². The van der Waals surface area contributed by atoms with E-state index >= 15 is 0 Å². The first-order valence-electron chi connectivity index (χ1n) is 4.90. The molecule has 0 aliphatic rings. The molecule has 0 bridgehead atoms. The highest BCUT2D eigenvalue weighted by Gasteiger charge is 2.13. The van der Waals surface area contributed by atoms with Gasteiger partial charge >= 0.3 is 5.69 Å². The molecule has 0 spiro atoms. The zero-order valence-electron chi connectivity index (χ0n) is 9.44. The molecule has 1 aromatic rings. The smallest absolute Gasteiger partial charge is 0.385 e. The third kappa shape index (κ3) is 3.56. The molecule has 0 atom stereocenters. The van der Waals surface area contributed by atoms with Crippen molar-refractivity contribution in [2.24, 2.45) is 0 Å². The Morgan fingerprint density at radius 1 is 1.33 bits per heavy atom. The number of likely N-dealkylation sites (N-methyl/N-ethyl adjacent to an activating group) is 1. The lowest BCUT2D eigenvalue weighted by atomic mass is 10.1. The zero-order valence-corrected chi connectivity index (χ0v) is 9.44. The molecule has 0 aliphatic carbocycles. The summed E-state index contributed by atoms with van der Waals surface area (Å²) in [6.07, 6.45) is 0.763. The van der Waals surface area contributed by atoms with E-state index in [1.165, 1.54) is 0 Å². The fourth-order valence-corrected chi connectivity index (χ4v) is 1.29. The molecule has 4 nitrogen and oxygen atoms in total. The van der Waals surface area contributed by atoms with Crippen molar-refractivity contribution >= 4 is 5.69 Å². The summed E-state index contributed by atoms with van der Waals surface area (Å²) in [6.45, 7) is 0.919. The van der Waals surface area contributed by atoms with Gasteiger partial charge in [0.2, 0.25) is 5.39 Å². The molecule has 0 aliphatic heterocycles. The maximum atomic E-state index is 9.60. The minimum Gasteiger partial charge on any atom is -0.508 e. The van der Waals surface area contributed by atoms with Crippen molar-refractivity contribution in [2.75, 3.05) is 27.7 Å². The fraction of sp³-hybridized carbons (Fsp3) is 0.455. The molecule has 1 rings (SSSR count). The summed E-state index contributed by atoms with van der Waals surface area (Å²) in [5.41, 5.74) is 1.29. The first-order chi connectivity index (χ1) is 6.92. The van der Waals surface area contributed by atoms with Crippen LogP contribution in [0.5, 0.6) is 5.75 Å². The Morgan fingerprint density at radius 2 is 2.00 bits per heavy atom. The molecule has 0 heterocycles. The van der Waals surface area contributed by atoms with Crippen molar-refractivity contribution in [2.45, 2.75) is 6.42 Å². The Labute approximate surface area is 90.0 Å². The second-order valence-corrected chi connectivity index (χ2v) is 4.68. The number of benzene rings is 1. The van der Waals surface area contributed by atoms with Crippen LogP contribution >= 0.6 is 0 Å². The second-order valence-electron chi connectivity index (χ2n) is 4.68. The number of quaternary nitrogens is 1. The van der Waals surface area contributed by atoms with Gasteiger partial charge in [-0.25, -0.2) is 0 Å². The maximum Gasteiger partial charge on any atom is 0.385 e. The third-order valence-corrected chi connectivity index (χ3v) is 2.23. The number of hydrogen-bond acceptors (Lipinski definition) is 2. The Hall–Kier alpha value is -1.60. The van der Waals surface area contributed by atoms with Gasteiger partial charge in [-0.3, -0.25) is 0 Å². The standard InChI is InChI=1S/C11H16N3O/c1-14(2,3)7-6-9-8-10(13-12)4-5-11(9)15/h4-5,8H,6-7H2,1-3H3/q+1/p+1. The summed E-state index contributed by atoms with van der Waals surface area (Å²) in [5.74, 6) is 0.260. The lowest BCUT2D eigenvalue weighted by Gasteiger charge is -2.23. The Bertz CT molecular complexity index is 388. The van der Waals surface area contributed by atoms with Crippen molar-refractivity contribution in [3.05, 3.63) is 28.7 Å². The van der Waals surface area contributed by atoms with Crippen LogP contribution in [0, 0.1) is 5.39 Å². The summed E-state index contributed by atoms with van der Waals surface area (Å²) in [4.78, 5) is 3.10. The molecule has 0 saturated heterocycles. The van der Waals surface area contributed by atoms with E-state index in [-0.39, 0.29) is 5.75 Å². The highest BCUT2D eigenvalue weighted by Crippen LogP contribution is 2.24. The lowest BCUT2D eigenvalue weighted by molar-refractivity contribution is -0.870. The Morgan fingerprint density at radius 3 is 2.53 bits per heavy atom. The number of nitrogens with zero attached hydrogens (tertiary/aromatic N) is 3. The number of phenols is 1. The quantitative estimate of drug-likeness (QED) is 0.609. The SMILES string of the molecule is C[N+](C)(C)CCc1cc([N+]#N)ccc1O. The zero-order chi connectivity index (χ0) is 11.5. The monoisotopic (exact) mass is 207 g/mol. The van der Waals surface area contributed by atoms with Crippen LogP contribution in [0.1, 0.15) is 5.56 Å². The summed E-state index contributed by atoms with van der Waals surface area (Å²) < 4.78 is 0.833. The highest BCUT2D eigenvalue weighted by molar-refractivity contribution is 5.50. The molecule has 1 aromatic carbocycles. The maximum absolute atomic E-state index is 9.60. The number of aromatic hydroxyl groups is 1. The van der Waals surface area contributed by atoms with Gasteiger partial charge in [0.1, 0.15) is 5.75 Å². The number of phenolic OH excluding ortho intramolecular Hbond substituents is 1. The van der Waals surface area contributed by atoms with E-state index in [9.17, 15) is 5.11 Å². The molecular formula is C11H17N3O+2.